The SMILES string of the molecule is O=NN1CCN(CC(F)(F)C(=O)O)CC1. The Morgan fingerprint density at radius 3 is 2.27 bits per heavy atom. The molecule has 1 N–H and O–H groups in total. The van der Waals surface area contributed by atoms with Crippen molar-refractivity contribution in [3.05, 3.63) is 4.91 Å². The van der Waals surface area contributed by atoms with E-state index in [9.17, 15) is 18.5 Å². The van der Waals surface area contributed by atoms with Crippen molar-refractivity contribution in [2.75, 3.05) is 32.7 Å². The summed E-state index contributed by atoms with van der Waals surface area (Å²) in [4.78, 5) is 21.5. The summed E-state index contributed by atoms with van der Waals surface area (Å²) in [6, 6.07) is 0. The Morgan fingerprint density at radius 2 is 1.87 bits per heavy atom. The molecule has 0 aromatic rings. The number of carboxylic acids is 1. The highest BCUT2D eigenvalue weighted by Gasteiger charge is 2.41. The molecule has 1 fully saturated rings. The highest BCUT2D eigenvalue weighted by molar-refractivity contribution is 5.75. The molecule has 15 heavy (non-hydrogen) atoms. The van der Waals surface area contributed by atoms with E-state index in [0.717, 1.165) is 0 Å². The Bertz CT molecular complexity index is 254. The van der Waals surface area contributed by atoms with Crippen LogP contribution in [0.15, 0.2) is 5.29 Å². The van der Waals surface area contributed by atoms with E-state index in [2.05, 4.69) is 5.29 Å². The molecular formula is C7H11F2N3O3. The van der Waals surface area contributed by atoms with Gasteiger partial charge in [-0.1, -0.05) is 0 Å². The third-order valence-electron chi connectivity index (χ3n) is 2.20. The number of alkyl halides is 2. The maximum atomic E-state index is 12.8. The summed E-state index contributed by atoms with van der Waals surface area (Å²) in [6.07, 6.45) is 0. The van der Waals surface area contributed by atoms with Gasteiger partial charge in [-0.2, -0.15) is 8.78 Å². The lowest BCUT2D eigenvalue weighted by atomic mass is 10.2. The van der Waals surface area contributed by atoms with Gasteiger partial charge in [0.25, 0.3) is 0 Å². The topological polar surface area (TPSA) is 73.2 Å². The first-order valence-corrected chi connectivity index (χ1v) is 4.37. The van der Waals surface area contributed by atoms with E-state index in [1.54, 1.807) is 0 Å². The highest BCUT2D eigenvalue weighted by atomic mass is 19.3. The predicted molar refractivity (Wildman–Crippen MR) is 46.4 cm³/mol. The van der Waals surface area contributed by atoms with Crippen molar-refractivity contribution in [2.45, 2.75) is 5.92 Å². The standard InChI is InChI=1S/C7H11F2N3O3/c8-7(9,6(13)14)5-11-1-3-12(10-15)4-2-11/h1-5H2,(H,13,14). The molecule has 86 valence electrons. The molecule has 0 spiro atoms. The number of hydrogen-bond acceptors (Lipinski definition) is 4. The predicted octanol–water partition coefficient (Wildman–Crippen LogP) is 0.00530. The second-order valence-electron chi connectivity index (χ2n) is 3.32. The summed E-state index contributed by atoms with van der Waals surface area (Å²) in [6.45, 7) is 0.108. The van der Waals surface area contributed by atoms with Crippen molar-refractivity contribution < 1.29 is 18.7 Å². The van der Waals surface area contributed by atoms with Gasteiger partial charge in [-0.15, -0.1) is 4.91 Å². The maximum absolute atomic E-state index is 12.8. The number of carbonyl (C=O) groups is 1. The number of halogens is 2. The van der Waals surface area contributed by atoms with Gasteiger partial charge in [0.15, 0.2) is 0 Å². The molecule has 1 heterocycles. The average Bonchev–Trinajstić information content (AvgIpc) is 2.18. The summed E-state index contributed by atoms with van der Waals surface area (Å²) in [7, 11) is 0. The zero-order valence-electron chi connectivity index (χ0n) is 7.90. The van der Waals surface area contributed by atoms with E-state index in [4.69, 9.17) is 5.11 Å². The molecule has 0 aromatic heterocycles. The quantitative estimate of drug-likeness (QED) is 0.679. The Hall–Kier alpha value is -1.31. The van der Waals surface area contributed by atoms with Gasteiger partial charge in [-0.25, -0.2) is 4.79 Å². The molecule has 8 heteroatoms. The second-order valence-corrected chi connectivity index (χ2v) is 3.32. The van der Waals surface area contributed by atoms with Crippen LogP contribution in [-0.2, 0) is 4.79 Å². The molecule has 1 rings (SSSR count). The Morgan fingerprint density at radius 1 is 1.33 bits per heavy atom. The molecule has 1 aliphatic rings. The van der Waals surface area contributed by atoms with Crippen molar-refractivity contribution in [1.29, 1.82) is 0 Å². The van der Waals surface area contributed by atoms with Crippen LogP contribution in [0, 0.1) is 4.91 Å². The molecule has 0 radical (unpaired) electrons. The van der Waals surface area contributed by atoms with Crippen LogP contribution in [0.3, 0.4) is 0 Å². The van der Waals surface area contributed by atoms with Gasteiger partial charge < -0.3 is 5.11 Å². The monoisotopic (exact) mass is 223 g/mol. The molecule has 0 saturated carbocycles. The van der Waals surface area contributed by atoms with Crippen LogP contribution in [0.4, 0.5) is 8.78 Å². The minimum atomic E-state index is -3.74. The van der Waals surface area contributed by atoms with E-state index in [1.165, 1.54) is 9.91 Å². The molecular weight excluding hydrogens is 212 g/mol. The smallest absolute Gasteiger partial charge is 0.375 e. The Kier molecular flexibility index (Phi) is 3.51. The van der Waals surface area contributed by atoms with Gasteiger partial charge in [0.1, 0.15) is 0 Å². The minimum absolute atomic E-state index is 0.217. The van der Waals surface area contributed by atoms with Gasteiger partial charge in [-0.05, 0) is 0 Å². The molecule has 0 atom stereocenters. The van der Waals surface area contributed by atoms with Crippen molar-refractivity contribution in [2.24, 2.45) is 5.29 Å². The lowest BCUT2D eigenvalue weighted by Gasteiger charge is -2.32. The number of carboxylic acid groups (broad SMARTS) is 1. The molecule has 6 nitrogen and oxygen atoms in total. The summed E-state index contributed by atoms with van der Waals surface area (Å²) in [5.74, 6) is -5.87. The fourth-order valence-corrected chi connectivity index (χ4v) is 1.33. The zero-order chi connectivity index (χ0) is 11.5. The number of rotatable bonds is 4. The molecule has 0 aromatic carbocycles. The lowest BCUT2D eigenvalue weighted by Crippen LogP contribution is -2.50. The first-order valence-electron chi connectivity index (χ1n) is 4.37. The summed E-state index contributed by atoms with van der Waals surface area (Å²) < 4.78 is 25.5. The third-order valence-corrected chi connectivity index (χ3v) is 2.20. The van der Waals surface area contributed by atoms with Crippen LogP contribution in [0.2, 0.25) is 0 Å². The van der Waals surface area contributed by atoms with Gasteiger partial charge >= 0.3 is 11.9 Å². The van der Waals surface area contributed by atoms with E-state index in [1.807, 2.05) is 0 Å². The fraction of sp³-hybridized carbons (Fsp3) is 0.857. The Balaban J connectivity index is 2.42. The average molecular weight is 223 g/mol. The van der Waals surface area contributed by atoms with Crippen LogP contribution >= 0.6 is 0 Å². The van der Waals surface area contributed by atoms with Gasteiger partial charge in [0.2, 0.25) is 0 Å². The molecule has 1 aliphatic heterocycles. The molecule has 0 unspecified atom stereocenters. The van der Waals surface area contributed by atoms with Crippen LogP contribution < -0.4 is 0 Å². The summed E-state index contributed by atoms with van der Waals surface area (Å²) in [5.41, 5.74) is 0. The number of nitroso groups, excluding NO2 is 1. The van der Waals surface area contributed by atoms with Crippen LogP contribution in [0.5, 0.6) is 0 Å². The van der Waals surface area contributed by atoms with Gasteiger partial charge in [-0.3, -0.25) is 9.91 Å². The van der Waals surface area contributed by atoms with Crippen LogP contribution in [0.1, 0.15) is 0 Å². The minimum Gasteiger partial charge on any atom is -0.477 e. The number of piperazine rings is 1. The highest BCUT2D eigenvalue weighted by Crippen LogP contribution is 2.16. The summed E-state index contributed by atoms with van der Waals surface area (Å²) in [5, 5.41) is 12.1. The number of aliphatic carboxylic acids is 1. The molecule has 1 saturated heterocycles. The van der Waals surface area contributed by atoms with E-state index >= 15 is 0 Å². The largest absolute Gasteiger partial charge is 0.477 e. The number of hydrogen-bond donors (Lipinski definition) is 1. The number of nitrogens with zero attached hydrogens (tertiary/aromatic N) is 3. The van der Waals surface area contributed by atoms with E-state index < -0.39 is 18.4 Å². The van der Waals surface area contributed by atoms with Crippen molar-refractivity contribution >= 4 is 5.97 Å². The van der Waals surface area contributed by atoms with Crippen molar-refractivity contribution in [1.82, 2.24) is 9.91 Å². The first kappa shape index (κ1) is 11.8. The van der Waals surface area contributed by atoms with E-state index in [-0.39, 0.29) is 26.2 Å². The maximum Gasteiger partial charge on any atom is 0.375 e. The molecule has 0 bridgehead atoms. The molecule has 0 amide bonds. The molecule has 0 aliphatic carbocycles. The van der Waals surface area contributed by atoms with Crippen molar-refractivity contribution in [3.8, 4) is 0 Å². The van der Waals surface area contributed by atoms with E-state index in [0.29, 0.717) is 0 Å². The van der Waals surface area contributed by atoms with Crippen LogP contribution in [0.25, 0.3) is 0 Å². The fourth-order valence-electron chi connectivity index (χ4n) is 1.33. The van der Waals surface area contributed by atoms with Gasteiger partial charge in [0, 0.05) is 13.1 Å². The Labute approximate surface area is 84.4 Å². The normalized spacial score (nSPS) is 18.9. The second kappa shape index (κ2) is 4.47. The first-order chi connectivity index (χ1) is 6.95. The third kappa shape index (κ3) is 3.08. The summed E-state index contributed by atoms with van der Waals surface area (Å²) >= 11 is 0. The van der Waals surface area contributed by atoms with Crippen molar-refractivity contribution in [3.63, 3.8) is 0 Å². The van der Waals surface area contributed by atoms with Crippen LogP contribution in [-0.4, -0.2) is 59.6 Å². The lowest BCUT2D eigenvalue weighted by molar-refractivity contribution is -0.168. The van der Waals surface area contributed by atoms with Gasteiger partial charge in [0.05, 0.1) is 24.9 Å². The zero-order valence-corrected chi connectivity index (χ0v) is 7.90.